The van der Waals surface area contributed by atoms with Crippen molar-refractivity contribution >= 4 is 35.1 Å². The van der Waals surface area contributed by atoms with Crippen LogP contribution in [0.3, 0.4) is 0 Å². The van der Waals surface area contributed by atoms with E-state index in [1.165, 1.54) is 0 Å². The molecule has 0 spiro atoms. The third kappa shape index (κ3) is 7.39. The largest absolute Gasteiger partial charge is 0.368 e. The summed E-state index contributed by atoms with van der Waals surface area (Å²) in [7, 11) is 2.08. The molecule has 0 radical (unpaired) electrons. The summed E-state index contributed by atoms with van der Waals surface area (Å²) in [5.74, 6) is 0.361. The Morgan fingerprint density at radius 3 is 2.30 bits per heavy atom. The summed E-state index contributed by atoms with van der Waals surface area (Å²) in [6, 6.07) is 12.9. The minimum Gasteiger partial charge on any atom is -0.368 e. The summed E-state index contributed by atoms with van der Waals surface area (Å²) in [5, 5.41) is 0.651. The second-order valence-corrected chi connectivity index (χ2v) is 16.5. The number of halogens is 1. The molecule has 1 aromatic heterocycles. The second-order valence-electron chi connectivity index (χ2n) is 16.0. The molecule has 5 fully saturated rings. The number of benzene rings is 1. The molecule has 2 aromatic rings. The number of likely N-dealkylation sites (N-methyl/N-ethyl adjacent to an activating group) is 1. The van der Waals surface area contributed by atoms with Gasteiger partial charge in [-0.15, -0.1) is 0 Å². The van der Waals surface area contributed by atoms with Gasteiger partial charge in [-0.05, 0) is 87.2 Å². The number of hydrogen-bond acceptors (Lipinski definition) is 7. The fourth-order valence-corrected chi connectivity index (χ4v) is 9.16. The predicted molar refractivity (Wildman–Crippen MR) is 194 cm³/mol. The molecule has 7 rings (SSSR count). The summed E-state index contributed by atoms with van der Waals surface area (Å²) < 4.78 is 5.98. The van der Waals surface area contributed by atoms with Crippen molar-refractivity contribution < 1.29 is 19.1 Å². The Kier molecular flexibility index (Phi) is 10.4. The Bertz CT molecular complexity index is 1500. The molecule has 0 bridgehead atoms. The van der Waals surface area contributed by atoms with Crippen LogP contribution in [0.1, 0.15) is 70.3 Å². The molecule has 270 valence electrons. The zero-order chi connectivity index (χ0) is 35.0. The van der Waals surface area contributed by atoms with Crippen LogP contribution in [0, 0.1) is 11.3 Å². The van der Waals surface area contributed by atoms with E-state index in [4.69, 9.17) is 16.3 Å². The van der Waals surface area contributed by atoms with Gasteiger partial charge >= 0.3 is 0 Å². The summed E-state index contributed by atoms with van der Waals surface area (Å²) in [5.41, 5.74) is 1.29. The number of carbonyl (C=O) groups excluding carboxylic acids is 3. The number of aromatic nitrogens is 1. The molecule has 4 aliphatic heterocycles. The molecule has 1 aromatic carbocycles. The zero-order valence-electron chi connectivity index (χ0n) is 29.9. The first-order valence-corrected chi connectivity index (χ1v) is 19.1. The van der Waals surface area contributed by atoms with Crippen molar-refractivity contribution in [3.8, 4) is 0 Å². The van der Waals surface area contributed by atoms with Crippen LogP contribution in [-0.2, 0) is 19.1 Å². The van der Waals surface area contributed by atoms with Crippen molar-refractivity contribution in [2.24, 2.45) is 11.3 Å². The van der Waals surface area contributed by atoms with Gasteiger partial charge in [0.1, 0.15) is 18.0 Å². The van der Waals surface area contributed by atoms with Crippen molar-refractivity contribution in [1.82, 2.24) is 24.6 Å². The fourth-order valence-electron chi connectivity index (χ4n) is 9.03. The van der Waals surface area contributed by atoms with Gasteiger partial charge in [0.2, 0.25) is 11.8 Å². The highest BCUT2D eigenvalue weighted by atomic mass is 35.5. The van der Waals surface area contributed by atoms with Gasteiger partial charge in [0, 0.05) is 75.6 Å². The fraction of sp³-hybridized carbons (Fsp3) is 0.641. The minimum absolute atomic E-state index is 0.00543. The number of piperazine rings is 1. The van der Waals surface area contributed by atoms with Crippen LogP contribution < -0.4 is 4.90 Å². The minimum atomic E-state index is -0.620. The molecule has 50 heavy (non-hydrogen) atoms. The molecule has 11 heteroatoms. The molecule has 1 aliphatic carbocycles. The highest BCUT2D eigenvalue weighted by Gasteiger charge is 2.51. The molecule has 0 unspecified atom stereocenters. The van der Waals surface area contributed by atoms with Gasteiger partial charge in [-0.25, -0.2) is 4.98 Å². The summed E-state index contributed by atoms with van der Waals surface area (Å²) in [6.45, 7) is 9.58. The Morgan fingerprint density at radius 1 is 0.900 bits per heavy atom. The number of ether oxygens (including phenoxy) is 1. The van der Waals surface area contributed by atoms with E-state index in [1.54, 1.807) is 6.20 Å². The van der Waals surface area contributed by atoms with Gasteiger partial charge in [-0.3, -0.25) is 14.4 Å². The molecule has 5 heterocycles. The Balaban J connectivity index is 1.21. The first-order chi connectivity index (χ1) is 24.1. The maximum absolute atomic E-state index is 15.1. The van der Waals surface area contributed by atoms with Crippen molar-refractivity contribution in [1.29, 1.82) is 0 Å². The van der Waals surface area contributed by atoms with E-state index in [0.717, 1.165) is 63.0 Å². The molecular weight excluding hydrogens is 652 g/mol. The van der Waals surface area contributed by atoms with E-state index in [2.05, 4.69) is 40.6 Å². The monoisotopic (exact) mass is 704 g/mol. The molecule has 5 aliphatic rings. The van der Waals surface area contributed by atoms with Gasteiger partial charge < -0.3 is 29.2 Å². The van der Waals surface area contributed by atoms with Crippen molar-refractivity contribution in [2.75, 3.05) is 64.4 Å². The molecule has 10 nitrogen and oxygen atoms in total. The highest BCUT2D eigenvalue weighted by Crippen LogP contribution is 2.42. The van der Waals surface area contributed by atoms with Gasteiger partial charge in [0.15, 0.2) is 0 Å². The predicted octanol–water partition coefficient (Wildman–Crippen LogP) is 4.67. The zero-order valence-corrected chi connectivity index (χ0v) is 30.6. The molecule has 3 amide bonds. The van der Waals surface area contributed by atoms with Crippen LogP contribution in [0.2, 0.25) is 5.02 Å². The molecule has 4 saturated heterocycles. The molecule has 1 saturated carbocycles. The van der Waals surface area contributed by atoms with Crippen molar-refractivity contribution in [3.05, 3.63) is 59.2 Å². The number of anilines is 1. The van der Waals surface area contributed by atoms with E-state index in [-0.39, 0.29) is 41.1 Å². The van der Waals surface area contributed by atoms with E-state index in [9.17, 15) is 9.59 Å². The molecule has 0 N–H and O–H groups in total. The standard InChI is InChI=1S/C39H53ClN6O4/c1-39(2)15-13-29(14-16-39)46(38(49)34-7-6-22-50-34)30-23-33(37(48)43-20-18-42(3)19-21-43)45(24-30)36(47)32-26-44(35-8-4-5-17-41-35)25-31(32)27-9-11-28(40)12-10-27/h4-5,8-12,17,29-34H,6-7,13-16,18-26H2,1-3H3/t30-,31-,32+,33-,34-/m0/s1. The smallest absolute Gasteiger partial charge is 0.252 e. The lowest BCUT2D eigenvalue weighted by atomic mass is 9.75. The van der Waals surface area contributed by atoms with Gasteiger partial charge in [0.25, 0.3) is 5.91 Å². The normalized spacial score (nSPS) is 29.0. The van der Waals surface area contributed by atoms with Crippen LogP contribution in [0.15, 0.2) is 48.7 Å². The number of hydrogen-bond donors (Lipinski definition) is 0. The maximum Gasteiger partial charge on any atom is 0.252 e. The number of carbonyl (C=O) groups is 3. The summed E-state index contributed by atoms with van der Waals surface area (Å²) in [4.78, 5) is 59.0. The Morgan fingerprint density at radius 2 is 1.64 bits per heavy atom. The maximum atomic E-state index is 15.1. The number of amides is 3. The van der Waals surface area contributed by atoms with E-state index in [1.807, 2.05) is 52.3 Å². The van der Waals surface area contributed by atoms with Gasteiger partial charge in [-0.1, -0.05) is 43.6 Å². The topological polar surface area (TPSA) is 89.5 Å². The van der Waals surface area contributed by atoms with E-state index >= 15 is 4.79 Å². The van der Waals surface area contributed by atoms with Crippen molar-refractivity contribution in [3.63, 3.8) is 0 Å². The lowest BCUT2D eigenvalue weighted by molar-refractivity contribution is -0.148. The Hall–Kier alpha value is -3.21. The number of likely N-dealkylation sites (tertiary alicyclic amines) is 1. The lowest BCUT2D eigenvalue weighted by Gasteiger charge is -2.43. The van der Waals surface area contributed by atoms with Crippen LogP contribution in [0.25, 0.3) is 0 Å². The summed E-state index contributed by atoms with van der Waals surface area (Å²) in [6.07, 6.45) is 7.32. The lowest BCUT2D eigenvalue weighted by Crippen LogP contribution is -2.54. The second kappa shape index (κ2) is 14.8. The number of rotatable bonds is 7. The third-order valence-corrected chi connectivity index (χ3v) is 12.4. The average Bonchev–Trinajstić information content (AvgIpc) is 3.91. The van der Waals surface area contributed by atoms with E-state index < -0.39 is 18.1 Å². The highest BCUT2D eigenvalue weighted by molar-refractivity contribution is 6.30. The van der Waals surface area contributed by atoms with Crippen LogP contribution in [0.5, 0.6) is 0 Å². The molecule has 5 atom stereocenters. The third-order valence-electron chi connectivity index (χ3n) is 12.1. The summed E-state index contributed by atoms with van der Waals surface area (Å²) >= 11 is 6.30. The van der Waals surface area contributed by atoms with Crippen LogP contribution in [0.4, 0.5) is 5.82 Å². The quantitative estimate of drug-likeness (QED) is 0.414. The van der Waals surface area contributed by atoms with Crippen molar-refractivity contribution in [2.45, 2.75) is 88.9 Å². The average molecular weight is 705 g/mol. The van der Waals surface area contributed by atoms with Crippen LogP contribution in [-0.4, -0.2) is 126 Å². The van der Waals surface area contributed by atoms with Gasteiger partial charge in [0.05, 0.1) is 12.0 Å². The molecular formula is C39H53ClN6O4. The number of pyridine rings is 1. The number of nitrogens with zero attached hydrogens (tertiary/aromatic N) is 6. The van der Waals surface area contributed by atoms with E-state index in [0.29, 0.717) is 50.8 Å². The van der Waals surface area contributed by atoms with Crippen LogP contribution >= 0.6 is 11.6 Å². The Labute approximate surface area is 302 Å². The SMILES string of the molecule is CN1CCN(C(=O)[C@@H]2C[C@H](N(C(=O)[C@@H]3CCCO3)C3CCC(C)(C)CC3)CN2C(=O)[C@@H]2CN(c3ccccn3)C[C@H]2c2ccc(Cl)cc2)CC1. The van der Waals surface area contributed by atoms with Gasteiger partial charge in [-0.2, -0.15) is 0 Å². The first-order valence-electron chi connectivity index (χ1n) is 18.7. The first kappa shape index (κ1) is 35.2.